The van der Waals surface area contributed by atoms with Crippen molar-refractivity contribution in [3.8, 4) is 0 Å². The summed E-state index contributed by atoms with van der Waals surface area (Å²) < 4.78 is 6.92. The Morgan fingerprint density at radius 1 is 1.38 bits per heavy atom. The van der Waals surface area contributed by atoms with E-state index in [1.807, 2.05) is 0 Å². The molecule has 3 N–H and O–H groups in total. The molecule has 1 aliphatic rings. The van der Waals surface area contributed by atoms with Crippen molar-refractivity contribution in [2.24, 2.45) is 0 Å². The van der Waals surface area contributed by atoms with Crippen LogP contribution in [0.15, 0.2) is 24.5 Å². The first-order chi connectivity index (χ1) is 9.45. The van der Waals surface area contributed by atoms with E-state index in [9.17, 15) is 15.0 Å². The number of halogens is 1. The second-order valence-electron chi connectivity index (χ2n) is 4.97. The lowest BCUT2D eigenvalue weighted by Crippen LogP contribution is -3.00. The van der Waals surface area contributed by atoms with Crippen molar-refractivity contribution < 1.29 is 41.8 Å². The number of amides is 1. The van der Waals surface area contributed by atoms with Gasteiger partial charge in [-0.2, -0.15) is 4.57 Å². The van der Waals surface area contributed by atoms with Crippen LogP contribution in [0.25, 0.3) is 0 Å². The molecule has 0 aliphatic carbocycles. The van der Waals surface area contributed by atoms with Crippen LogP contribution in [-0.4, -0.2) is 65.1 Å². The normalized spacial score (nSPS) is 28.0. The summed E-state index contributed by atoms with van der Waals surface area (Å²) in [7, 11) is 3.29. The maximum absolute atomic E-state index is 11.9. The topological polar surface area (TPSA) is 94.1 Å². The third kappa shape index (κ3) is 3.50. The Balaban J connectivity index is 0.00000220. The largest absolute Gasteiger partial charge is 1.00 e. The van der Waals surface area contributed by atoms with Crippen LogP contribution in [0, 0.1) is 0 Å². The summed E-state index contributed by atoms with van der Waals surface area (Å²) in [6.07, 6.45) is -0.824. The van der Waals surface area contributed by atoms with Crippen LogP contribution in [0.1, 0.15) is 16.6 Å². The van der Waals surface area contributed by atoms with E-state index in [4.69, 9.17) is 9.84 Å². The number of aliphatic hydroxyl groups is 3. The summed E-state index contributed by atoms with van der Waals surface area (Å²) >= 11 is 0. The van der Waals surface area contributed by atoms with Gasteiger partial charge < -0.3 is 37.4 Å². The van der Waals surface area contributed by atoms with Gasteiger partial charge in [0.25, 0.3) is 12.1 Å². The zero-order valence-corrected chi connectivity index (χ0v) is 12.5. The summed E-state index contributed by atoms with van der Waals surface area (Å²) in [6.45, 7) is -0.383. The SMILES string of the molecule is CN(C)C(=O)c1ccc[n+]([C@@H]2O[C@H](CO)[C@@H](O)[C@H]2O)c1.[Cl-]. The molecule has 2 rings (SSSR count). The molecule has 0 bridgehead atoms. The molecule has 1 saturated heterocycles. The zero-order chi connectivity index (χ0) is 14.9. The summed E-state index contributed by atoms with van der Waals surface area (Å²) in [5.74, 6) is -0.175. The summed E-state index contributed by atoms with van der Waals surface area (Å²) in [6, 6.07) is 3.31. The van der Waals surface area contributed by atoms with Gasteiger partial charge in [-0.25, -0.2) is 0 Å². The summed E-state index contributed by atoms with van der Waals surface area (Å²) in [5.41, 5.74) is 0.440. The van der Waals surface area contributed by atoms with Crippen LogP contribution in [0.2, 0.25) is 0 Å². The highest BCUT2D eigenvalue weighted by Crippen LogP contribution is 2.25. The van der Waals surface area contributed by atoms with E-state index < -0.39 is 24.5 Å². The second kappa shape index (κ2) is 7.15. The maximum atomic E-state index is 11.9. The molecule has 7 nitrogen and oxygen atoms in total. The molecule has 8 heteroatoms. The van der Waals surface area contributed by atoms with Gasteiger partial charge in [-0.15, -0.1) is 0 Å². The van der Waals surface area contributed by atoms with Crippen LogP contribution >= 0.6 is 0 Å². The van der Waals surface area contributed by atoms with E-state index in [1.54, 1.807) is 38.6 Å². The van der Waals surface area contributed by atoms with E-state index in [1.165, 1.54) is 9.47 Å². The van der Waals surface area contributed by atoms with Crippen LogP contribution in [0.3, 0.4) is 0 Å². The van der Waals surface area contributed by atoms with Gasteiger partial charge in [0, 0.05) is 20.2 Å². The highest BCUT2D eigenvalue weighted by Gasteiger charge is 2.47. The average Bonchev–Trinajstić information content (AvgIpc) is 2.74. The van der Waals surface area contributed by atoms with E-state index in [2.05, 4.69) is 0 Å². The van der Waals surface area contributed by atoms with Crippen molar-refractivity contribution in [2.45, 2.75) is 24.5 Å². The van der Waals surface area contributed by atoms with Gasteiger partial charge in [-0.3, -0.25) is 4.79 Å². The molecule has 0 radical (unpaired) electrons. The van der Waals surface area contributed by atoms with Gasteiger partial charge in [-0.1, -0.05) is 0 Å². The molecular weight excluding hydrogens is 300 g/mol. The third-order valence-electron chi connectivity index (χ3n) is 3.29. The Morgan fingerprint density at radius 2 is 2.05 bits per heavy atom. The highest BCUT2D eigenvalue weighted by molar-refractivity contribution is 5.93. The van der Waals surface area contributed by atoms with Crippen molar-refractivity contribution in [1.29, 1.82) is 0 Å². The minimum Gasteiger partial charge on any atom is -1.00 e. The Hall–Kier alpha value is -1.25. The number of hydrogen-bond donors (Lipinski definition) is 3. The fourth-order valence-electron chi connectivity index (χ4n) is 2.16. The fraction of sp³-hybridized carbons (Fsp3) is 0.538. The number of nitrogens with zero attached hydrogens (tertiary/aromatic N) is 2. The molecule has 1 aromatic heterocycles. The predicted molar refractivity (Wildman–Crippen MR) is 67.7 cm³/mol. The van der Waals surface area contributed by atoms with Gasteiger partial charge in [0.1, 0.15) is 17.8 Å². The third-order valence-corrected chi connectivity index (χ3v) is 3.29. The zero-order valence-electron chi connectivity index (χ0n) is 11.8. The van der Waals surface area contributed by atoms with Crippen LogP contribution < -0.4 is 17.0 Å². The summed E-state index contributed by atoms with van der Waals surface area (Å²) in [4.78, 5) is 13.3. The predicted octanol–water partition coefficient (Wildman–Crippen LogP) is -4.71. The van der Waals surface area contributed by atoms with Gasteiger partial charge in [0.2, 0.25) is 0 Å². The molecule has 2 heterocycles. The smallest absolute Gasteiger partial charge is 0.292 e. The molecule has 1 aliphatic heterocycles. The summed E-state index contributed by atoms with van der Waals surface area (Å²) in [5, 5.41) is 28.7. The minimum atomic E-state index is -1.16. The molecule has 118 valence electrons. The maximum Gasteiger partial charge on any atom is 0.292 e. The molecule has 1 aromatic rings. The van der Waals surface area contributed by atoms with Crippen LogP contribution in [-0.2, 0) is 4.74 Å². The molecule has 1 fully saturated rings. The van der Waals surface area contributed by atoms with Gasteiger partial charge in [0.15, 0.2) is 18.5 Å². The quantitative estimate of drug-likeness (QED) is 0.487. The van der Waals surface area contributed by atoms with Crippen molar-refractivity contribution in [1.82, 2.24) is 4.90 Å². The van der Waals surface area contributed by atoms with Gasteiger partial charge in [0.05, 0.1) is 6.61 Å². The van der Waals surface area contributed by atoms with Crippen LogP contribution in [0.4, 0.5) is 0 Å². The molecule has 0 spiro atoms. The van der Waals surface area contributed by atoms with Crippen molar-refractivity contribution in [2.75, 3.05) is 20.7 Å². The van der Waals surface area contributed by atoms with E-state index >= 15 is 0 Å². The Morgan fingerprint density at radius 3 is 2.57 bits per heavy atom. The molecule has 0 unspecified atom stereocenters. The lowest BCUT2D eigenvalue weighted by molar-refractivity contribution is -0.765. The number of carbonyl (C=O) groups excluding carboxylic acids is 1. The molecule has 0 aromatic carbocycles. The number of aliphatic hydroxyl groups excluding tert-OH is 3. The Labute approximate surface area is 128 Å². The van der Waals surface area contributed by atoms with Crippen molar-refractivity contribution >= 4 is 5.91 Å². The molecule has 21 heavy (non-hydrogen) atoms. The number of carbonyl (C=O) groups is 1. The highest BCUT2D eigenvalue weighted by atomic mass is 35.5. The molecular formula is C13H19ClN2O5. The van der Waals surface area contributed by atoms with E-state index in [0.29, 0.717) is 5.56 Å². The fourth-order valence-corrected chi connectivity index (χ4v) is 2.16. The molecule has 0 saturated carbocycles. The number of pyridine rings is 1. The lowest BCUT2D eigenvalue weighted by Gasteiger charge is -2.12. The first-order valence-electron chi connectivity index (χ1n) is 6.30. The van der Waals surface area contributed by atoms with E-state index in [-0.39, 0.29) is 24.9 Å². The number of aromatic nitrogens is 1. The number of hydrogen-bond acceptors (Lipinski definition) is 5. The number of ether oxygens (including phenoxy) is 1. The van der Waals surface area contributed by atoms with Crippen molar-refractivity contribution in [3.63, 3.8) is 0 Å². The van der Waals surface area contributed by atoms with E-state index in [0.717, 1.165) is 0 Å². The Bertz CT molecular complexity index is 499. The van der Waals surface area contributed by atoms with Crippen molar-refractivity contribution in [3.05, 3.63) is 30.1 Å². The molecule has 4 atom stereocenters. The van der Waals surface area contributed by atoms with Gasteiger partial charge in [-0.05, 0) is 6.07 Å². The van der Waals surface area contributed by atoms with Gasteiger partial charge >= 0.3 is 0 Å². The minimum absolute atomic E-state index is 0. The molecule has 1 amide bonds. The van der Waals surface area contributed by atoms with Crippen LogP contribution in [0.5, 0.6) is 0 Å². The number of rotatable bonds is 3. The monoisotopic (exact) mass is 318 g/mol. The Kier molecular flexibility index (Phi) is 6.06. The lowest BCUT2D eigenvalue weighted by atomic mass is 10.1. The average molecular weight is 319 g/mol. The second-order valence-corrected chi connectivity index (χ2v) is 4.97. The standard InChI is InChI=1S/C13H19N2O5.ClH/c1-14(2)12(19)8-4-3-5-15(6-8)13-11(18)10(17)9(7-16)20-13;/h3-6,9-11,13,16-18H,7H2,1-2H3;1H/q+1;/p-1/t9-,10-,11-,13-;/m1./s1. The first-order valence-corrected chi connectivity index (χ1v) is 6.30. The first kappa shape index (κ1) is 17.8.